The molecule has 0 aliphatic carbocycles. The van der Waals surface area contributed by atoms with E-state index in [0.717, 1.165) is 0 Å². The summed E-state index contributed by atoms with van der Waals surface area (Å²) in [6.45, 7) is 0. The molecule has 0 saturated carbocycles. The van der Waals surface area contributed by atoms with Crippen molar-refractivity contribution in [3.05, 3.63) is 64.5 Å². The molecule has 6 heteroatoms. The summed E-state index contributed by atoms with van der Waals surface area (Å²) in [4.78, 5) is 16.4. The lowest BCUT2D eigenvalue weighted by molar-refractivity contribution is 0.102. The summed E-state index contributed by atoms with van der Waals surface area (Å²) >= 11 is 11.8. The highest BCUT2D eigenvalue weighted by atomic mass is 35.5. The summed E-state index contributed by atoms with van der Waals surface area (Å²) in [5.74, 6) is -0.250. The number of carbonyl (C=O) groups excluding carboxylic acids is 1. The second-order valence-electron chi connectivity index (χ2n) is 4.16. The molecule has 0 aliphatic heterocycles. The molecular formula is C14H9Cl2N3O. The second kappa shape index (κ2) is 5.15. The number of nitrogens with one attached hydrogen (secondary N) is 1. The highest BCUT2D eigenvalue weighted by Gasteiger charge is 2.12. The Morgan fingerprint density at radius 2 is 2.00 bits per heavy atom. The predicted molar refractivity (Wildman–Crippen MR) is 79.6 cm³/mol. The topological polar surface area (TPSA) is 46.4 Å². The van der Waals surface area contributed by atoms with Crippen molar-refractivity contribution in [1.29, 1.82) is 0 Å². The normalized spacial score (nSPS) is 10.7. The first-order chi connectivity index (χ1) is 9.65. The molecule has 20 heavy (non-hydrogen) atoms. The molecule has 100 valence electrons. The zero-order chi connectivity index (χ0) is 14.1. The highest BCUT2D eigenvalue weighted by molar-refractivity contribution is 6.42. The highest BCUT2D eigenvalue weighted by Crippen LogP contribution is 2.25. The number of nitrogens with zero attached hydrogens (tertiary/aromatic N) is 2. The zero-order valence-electron chi connectivity index (χ0n) is 10.2. The van der Waals surface area contributed by atoms with E-state index < -0.39 is 0 Å². The van der Waals surface area contributed by atoms with Gasteiger partial charge in [0.05, 0.1) is 15.6 Å². The Morgan fingerprint density at radius 1 is 1.15 bits per heavy atom. The van der Waals surface area contributed by atoms with Gasteiger partial charge in [-0.3, -0.25) is 4.79 Å². The fraction of sp³-hybridized carbons (Fsp3) is 0. The molecule has 0 atom stereocenters. The largest absolute Gasteiger partial charge is 0.322 e. The van der Waals surface area contributed by atoms with E-state index in [2.05, 4.69) is 10.3 Å². The van der Waals surface area contributed by atoms with Crippen molar-refractivity contribution in [2.75, 3.05) is 5.32 Å². The van der Waals surface area contributed by atoms with Crippen molar-refractivity contribution in [3.8, 4) is 0 Å². The molecule has 1 N–H and O–H groups in total. The van der Waals surface area contributed by atoms with Crippen LogP contribution in [0.25, 0.3) is 5.65 Å². The first-order valence-corrected chi connectivity index (χ1v) is 6.59. The number of halogens is 2. The lowest BCUT2D eigenvalue weighted by Crippen LogP contribution is -2.13. The van der Waals surface area contributed by atoms with Gasteiger partial charge in [-0.25, -0.2) is 4.98 Å². The van der Waals surface area contributed by atoms with Crippen molar-refractivity contribution in [1.82, 2.24) is 9.38 Å². The molecule has 0 saturated heterocycles. The minimum Gasteiger partial charge on any atom is -0.322 e. The Morgan fingerprint density at radius 3 is 2.80 bits per heavy atom. The number of rotatable bonds is 2. The van der Waals surface area contributed by atoms with Crippen LogP contribution in [0.4, 0.5) is 5.69 Å². The van der Waals surface area contributed by atoms with Crippen LogP contribution >= 0.6 is 23.2 Å². The average Bonchev–Trinajstić information content (AvgIpc) is 2.91. The van der Waals surface area contributed by atoms with E-state index in [9.17, 15) is 4.79 Å². The number of hydrogen-bond acceptors (Lipinski definition) is 2. The average molecular weight is 306 g/mol. The fourth-order valence-electron chi connectivity index (χ4n) is 1.90. The van der Waals surface area contributed by atoms with Gasteiger partial charge in [-0.15, -0.1) is 0 Å². The third-order valence-corrected chi connectivity index (χ3v) is 3.58. The van der Waals surface area contributed by atoms with Gasteiger partial charge >= 0.3 is 0 Å². The number of anilines is 1. The van der Waals surface area contributed by atoms with Crippen LogP contribution in [0.5, 0.6) is 0 Å². The maximum absolute atomic E-state index is 12.3. The van der Waals surface area contributed by atoms with E-state index in [1.165, 1.54) is 0 Å². The monoisotopic (exact) mass is 305 g/mol. The maximum Gasteiger partial charge on any atom is 0.259 e. The second-order valence-corrected chi connectivity index (χ2v) is 4.98. The molecule has 2 heterocycles. The quantitative estimate of drug-likeness (QED) is 0.780. The molecular weight excluding hydrogens is 297 g/mol. The molecule has 0 radical (unpaired) electrons. The van der Waals surface area contributed by atoms with Gasteiger partial charge in [0.2, 0.25) is 0 Å². The van der Waals surface area contributed by atoms with Crippen molar-refractivity contribution in [2.45, 2.75) is 0 Å². The molecule has 0 spiro atoms. The van der Waals surface area contributed by atoms with Crippen LogP contribution in [-0.4, -0.2) is 15.3 Å². The van der Waals surface area contributed by atoms with Crippen molar-refractivity contribution < 1.29 is 4.79 Å². The van der Waals surface area contributed by atoms with E-state index >= 15 is 0 Å². The number of amides is 1. The summed E-state index contributed by atoms with van der Waals surface area (Å²) in [7, 11) is 0. The minimum atomic E-state index is -0.250. The molecule has 0 bridgehead atoms. The molecule has 3 rings (SSSR count). The van der Waals surface area contributed by atoms with Crippen molar-refractivity contribution in [2.24, 2.45) is 0 Å². The van der Waals surface area contributed by atoms with Gasteiger partial charge in [0.1, 0.15) is 5.65 Å². The van der Waals surface area contributed by atoms with Gasteiger partial charge in [-0.2, -0.15) is 0 Å². The minimum absolute atomic E-state index is 0.250. The first kappa shape index (κ1) is 13.0. The van der Waals surface area contributed by atoms with Crippen LogP contribution in [0.2, 0.25) is 10.0 Å². The zero-order valence-corrected chi connectivity index (χ0v) is 11.7. The Kier molecular flexibility index (Phi) is 3.34. The van der Waals surface area contributed by atoms with Crippen LogP contribution < -0.4 is 5.32 Å². The number of fused-ring (bicyclic) bond motifs is 1. The Labute approximate surface area is 125 Å². The van der Waals surface area contributed by atoms with Gasteiger partial charge in [0.25, 0.3) is 5.91 Å². The lowest BCUT2D eigenvalue weighted by Gasteiger charge is -2.07. The molecule has 0 unspecified atom stereocenters. The number of carbonyl (C=O) groups is 1. The van der Waals surface area contributed by atoms with Gasteiger partial charge in [-0.05, 0) is 30.3 Å². The lowest BCUT2D eigenvalue weighted by atomic mass is 10.2. The molecule has 1 aromatic carbocycles. The Hall–Kier alpha value is -2.04. The molecule has 4 nitrogen and oxygen atoms in total. The first-order valence-electron chi connectivity index (χ1n) is 5.83. The van der Waals surface area contributed by atoms with E-state index in [0.29, 0.717) is 26.9 Å². The van der Waals surface area contributed by atoms with E-state index in [-0.39, 0.29) is 5.91 Å². The van der Waals surface area contributed by atoms with Gasteiger partial charge in [-0.1, -0.05) is 23.2 Å². The molecule has 1 amide bonds. The van der Waals surface area contributed by atoms with E-state index in [1.54, 1.807) is 47.1 Å². The third-order valence-electron chi connectivity index (χ3n) is 2.84. The van der Waals surface area contributed by atoms with Crippen LogP contribution in [0.3, 0.4) is 0 Å². The van der Waals surface area contributed by atoms with E-state index in [4.69, 9.17) is 23.2 Å². The number of aromatic nitrogens is 2. The van der Waals surface area contributed by atoms with Gasteiger partial charge in [0, 0.05) is 24.3 Å². The van der Waals surface area contributed by atoms with Crippen LogP contribution in [0, 0.1) is 0 Å². The van der Waals surface area contributed by atoms with Crippen molar-refractivity contribution >= 4 is 40.4 Å². The maximum atomic E-state index is 12.3. The number of benzene rings is 1. The Balaban J connectivity index is 1.93. The molecule has 0 aliphatic rings. The smallest absolute Gasteiger partial charge is 0.259 e. The number of hydrogen-bond donors (Lipinski definition) is 1. The summed E-state index contributed by atoms with van der Waals surface area (Å²) in [6.07, 6.45) is 5.26. The molecule has 3 aromatic rings. The third kappa shape index (κ3) is 2.35. The number of pyridine rings is 1. The Bertz CT molecular complexity index is 798. The SMILES string of the molecule is O=C(Nc1ccc(Cl)c(Cl)c1)c1cccn2ccnc12. The molecule has 2 aromatic heterocycles. The van der Waals surface area contributed by atoms with Crippen LogP contribution in [0.1, 0.15) is 10.4 Å². The van der Waals surface area contributed by atoms with Crippen LogP contribution in [-0.2, 0) is 0 Å². The van der Waals surface area contributed by atoms with Crippen LogP contribution in [0.15, 0.2) is 48.9 Å². The fourth-order valence-corrected chi connectivity index (χ4v) is 2.20. The van der Waals surface area contributed by atoms with E-state index in [1.807, 2.05) is 6.20 Å². The molecule has 0 fully saturated rings. The summed E-state index contributed by atoms with van der Waals surface area (Å²) in [5.41, 5.74) is 1.67. The standard InChI is InChI=1S/C14H9Cl2N3O/c15-11-4-3-9(8-12(11)16)18-14(20)10-2-1-6-19-7-5-17-13(10)19/h1-8H,(H,18,20). The van der Waals surface area contributed by atoms with Gasteiger partial charge in [0.15, 0.2) is 0 Å². The number of imidazole rings is 1. The summed E-state index contributed by atoms with van der Waals surface area (Å²) in [6, 6.07) is 8.44. The summed E-state index contributed by atoms with van der Waals surface area (Å²) in [5, 5.41) is 3.61. The predicted octanol–water partition coefficient (Wildman–Crippen LogP) is 3.89. The van der Waals surface area contributed by atoms with Crippen molar-refractivity contribution in [3.63, 3.8) is 0 Å². The van der Waals surface area contributed by atoms with Gasteiger partial charge < -0.3 is 9.72 Å². The summed E-state index contributed by atoms with van der Waals surface area (Å²) < 4.78 is 1.78.